The summed E-state index contributed by atoms with van der Waals surface area (Å²) in [6.45, 7) is 3.85. The molecule has 10 heteroatoms. The number of halogens is 2. The number of hydrogen-bond donors (Lipinski definition) is 4. The van der Waals surface area contributed by atoms with Crippen LogP contribution < -0.4 is 15.4 Å². The van der Waals surface area contributed by atoms with Crippen molar-refractivity contribution in [3.8, 4) is 0 Å². The molecule has 3 rings (SSSR count). The molecular formula is C28H33F2N3O4S. The third-order valence-electron chi connectivity index (χ3n) is 6.03. The number of nitrogens with one attached hydrogen (secondary N) is 3. The van der Waals surface area contributed by atoms with E-state index in [1.165, 1.54) is 17.7 Å². The topological polar surface area (TPSA) is 108 Å². The summed E-state index contributed by atoms with van der Waals surface area (Å²) in [7, 11) is -3.93. The Balaban J connectivity index is 1.65. The van der Waals surface area contributed by atoms with Crippen LogP contribution in [0, 0.1) is 18.6 Å². The molecule has 0 aliphatic heterocycles. The van der Waals surface area contributed by atoms with Gasteiger partial charge in [0.15, 0.2) is 0 Å². The van der Waals surface area contributed by atoms with Crippen molar-refractivity contribution >= 4 is 15.9 Å². The maximum atomic E-state index is 13.8. The van der Waals surface area contributed by atoms with Crippen LogP contribution >= 0.6 is 0 Å². The number of carbonyl (C=O) groups excluding carboxylic acids is 1. The Labute approximate surface area is 222 Å². The van der Waals surface area contributed by atoms with Gasteiger partial charge >= 0.3 is 0 Å². The van der Waals surface area contributed by atoms with E-state index in [4.69, 9.17) is 0 Å². The molecule has 0 aliphatic rings. The number of benzene rings is 3. The molecule has 0 spiro atoms. The van der Waals surface area contributed by atoms with Gasteiger partial charge in [-0.05, 0) is 60.7 Å². The zero-order valence-corrected chi connectivity index (χ0v) is 22.2. The van der Waals surface area contributed by atoms with Crippen LogP contribution in [0.1, 0.15) is 29.2 Å². The van der Waals surface area contributed by atoms with E-state index in [2.05, 4.69) is 22.3 Å². The van der Waals surface area contributed by atoms with Crippen molar-refractivity contribution in [2.24, 2.45) is 0 Å². The van der Waals surface area contributed by atoms with Gasteiger partial charge in [-0.15, -0.1) is 0 Å². The number of amides is 1. The fourth-order valence-corrected chi connectivity index (χ4v) is 4.93. The lowest BCUT2D eigenvalue weighted by Crippen LogP contribution is -2.51. The van der Waals surface area contributed by atoms with Crippen molar-refractivity contribution in [3.63, 3.8) is 0 Å². The summed E-state index contributed by atoms with van der Waals surface area (Å²) < 4.78 is 54.8. The average molecular weight is 546 g/mol. The van der Waals surface area contributed by atoms with Crippen molar-refractivity contribution in [2.45, 2.75) is 50.3 Å². The predicted octanol–water partition coefficient (Wildman–Crippen LogP) is 2.99. The standard InChI is InChI=1S/C28H33F2N3O4S/c1-3-20-5-4-6-21(11-20)16-31-17-27(34)26(14-22-12-23(29)15-24(30)13-22)33-28(35)18-32-38(36,37)25-9-7-19(2)8-10-25/h4-13,15,26-27,31-32,34H,3,14,16-18H2,1-2H3,(H,33,35)/t26-,27+/m0/s1. The van der Waals surface area contributed by atoms with E-state index >= 15 is 0 Å². The van der Waals surface area contributed by atoms with E-state index in [9.17, 15) is 27.1 Å². The lowest BCUT2D eigenvalue weighted by molar-refractivity contribution is -0.121. The van der Waals surface area contributed by atoms with E-state index in [0.29, 0.717) is 6.54 Å². The first kappa shape index (κ1) is 29.4. The molecular weight excluding hydrogens is 512 g/mol. The molecule has 0 radical (unpaired) electrons. The summed E-state index contributed by atoms with van der Waals surface area (Å²) in [5, 5.41) is 16.6. The van der Waals surface area contributed by atoms with Gasteiger partial charge in [0, 0.05) is 19.2 Å². The van der Waals surface area contributed by atoms with Crippen molar-refractivity contribution in [2.75, 3.05) is 13.1 Å². The molecule has 0 aliphatic carbocycles. The Hall–Kier alpha value is -3.18. The highest BCUT2D eigenvalue weighted by atomic mass is 32.2. The molecule has 0 aromatic heterocycles. The molecule has 4 N–H and O–H groups in total. The molecule has 3 aromatic carbocycles. The molecule has 0 unspecified atom stereocenters. The van der Waals surface area contributed by atoms with Gasteiger partial charge in [-0.2, -0.15) is 0 Å². The summed E-state index contributed by atoms with van der Waals surface area (Å²) in [5.41, 5.74) is 3.33. The fraction of sp³-hybridized carbons (Fsp3) is 0.321. The molecule has 3 aromatic rings. The minimum Gasteiger partial charge on any atom is -0.390 e. The zero-order chi connectivity index (χ0) is 27.7. The highest BCUT2D eigenvalue weighted by Gasteiger charge is 2.23. The van der Waals surface area contributed by atoms with Crippen molar-refractivity contribution in [1.82, 2.24) is 15.4 Å². The van der Waals surface area contributed by atoms with Crippen LogP contribution in [-0.4, -0.2) is 44.7 Å². The van der Waals surface area contributed by atoms with E-state index in [1.54, 1.807) is 12.1 Å². The zero-order valence-electron chi connectivity index (χ0n) is 21.4. The van der Waals surface area contributed by atoms with Gasteiger partial charge in [0.2, 0.25) is 15.9 Å². The number of aliphatic hydroxyl groups excluding tert-OH is 1. The van der Waals surface area contributed by atoms with Gasteiger partial charge in [0.25, 0.3) is 0 Å². The van der Waals surface area contributed by atoms with Gasteiger partial charge in [-0.25, -0.2) is 21.9 Å². The Morgan fingerprint density at radius 3 is 2.26 bits per heavy atom. The predicted molar refractivity (Wildman–Crippen MR) is 142 cm³/mol. The SMILES string of the molecule is CCc1cccc(CNC[C@@H](O)[C@H](Cc2cc(F)cc(F)c2)NC(=O)CNS(=O)(=O)c2ccc(C)cc2)c1. The van der Waals surface area contributed by atoms with Gasteiger partial charge in [-0.1, -0.05) is 48.9 Å². The van der Waals surface area contributed by atoms with Gasteiger partial charge < -0.3 is 15.7 Å². The number of carbonyl (C=O) groups is 1. The smallest absolute Gasteiger partial charge is 0.241 e. The quantitative estimate of drug-likeness (QED) is 0.264. The lowest BCUT2D eigenvalue weighted by Gasteiger charge is -2.25. The molecule has 204 valence electrons. The second-order valence-corrected chi connectivity index (χ2v) is 10.9. The van der Waals surface area contributed by atoms with Crippen molar-refractivity contribution in [1.29, 1.82) is 0 Å². The number of sulfonamides is 1. The van der Waals surface area contributed by atoms with Gasteiger partial charge in [-0.3, -0.25) is 4.79 Å². The third kappa shape index (κ3) is 8.98. The van der Waals surface area contributed by atoms with E-state index in [1.807, 2.05) is 31.2 Å². The van der Waals surface area contributed by atoms with Crippen LogP contribution in [-0.2, 0) is 34.2 Å². The Morgan fingerprint density at radius 2 is 1.61 bits per heavy atom. The summed E-state index contributed by atoms with van der Waals surface area (Å²) >= 11 is 0. The molecule has 1 amide bonds. The average Bonchev–Trinajstić information content (AvgIpc) is 2.87. The van der Waals surface area contributed by atoms with Gasteiger partial charge in [0.05, 0.1) is 23.6 Å². The second kappa shape index (κ2) is 13.6. The molecule has 0 bridgehead atoms. The maximum Gasteiger partial charge on any atom is 0.241 e. The molecule has 0 fully saturated rings. The number of aliphatic hydroxyl groups is 1. The van der Waals surface area contributed by atoms with Crippen molar-refractivity contribution in [3.05, 3.63) is 101 Å². The highest BCUT2D eigenvalue weighted by Crippen LogP contribution is 2.13. The molecule has 2 atom stereocenters. The van der Waals surface area contributed by atoms with E-state index < -0.39 is 46.3 Å². The Morgan fingerprint density at radius 1 is 0.947 bits per heavy atom. The molecule has 0 saturated carbocycles. The molecule has 38 heavy (non-hydrogen) atoms. The van der Waals surface area contributed by atoms with E-state index in [-0.39, 0.29) is 23.4 Å². The van der Waals surface area contributed by atoms with E-state index in [0.717, 1.165) is 35.7 Å². The third-order valence-corrected chi connectivity index (χ3v) is 7.44. The van der Waals surface area contributed by atoms with Crippen LogP contribution in [0.15, 0.2) is 71.6 Å². The van der Waals surface area contributed by atoms with Gasteiger partial charge in [0.1, 0.15) is 11.6 Å². The highest BCUT2D eigenvalue weighted by molar-refractivity contribution is 7.89. The number of rotatable bonds is 13. The lowest BCUT2D eigenvalue weighted by atomic mass is 10.0. The molecule has 0 heterocycles. The van der Waals surface area contributed by atoms with Crippen molar-refractivity contribution < 1.29 is 27.1 Å². The molecule has 7 nitrogen and oxygen atoms in total. The number of hydrogen-bond acceptors (Lipinski definition) is 5. The Bertz CT molecular complexity index is 1310. The minimum atomic E-state index is -3.93. The van der Waals surface area contributed by atoms with Crippen LogP contribution in [0.2, 0.25) is 0 Å². The number of aryl methyl sites for hydroxylation is 2. The first-order valence-electron chi connectivity index (χ1n) is 12.3. The monoisotopic (exact) mass is 545 g/mol. The summed E-state index contributed by atoms with van der Waals surface area (Å²) in [6, 6.07) is 16.2. The fourth-order valence-electron chi connectivity index (χ4n) is 3.95. The normalized spacial score (nSPS) is 13.2. The first-order valence-corrected chi connectivity index (χ1v) is 13.8. The van der Waals surface area contributed by atoms with Crippen LogP contribution in [0.3, 0.4) is 0 Å². The summed E-state index contributed by atoms with van der Waals surface area (Å²) in [5.74, 6) is -2.25. The summed E-state index contributed by atoms with van der Waals surface area (Å²) in [4.78, 5) is 12.7. The molecule has 0 saturated heterocycles. The van der Waals surface area contributed by atoms with Crippen LogP contribution in [0.5, 0.6) is 0 Å². The second-order valence-electron chi connectivity index (χ2n) is 9.17. The van der Waals surface area contributed by atoms with Crippen LogP contribution in [0.25, 0.3) is 0 Å². The largest absolute Gasteiger partial charge is 0.390 e. The minimum absolute atomic E-state index is 0.0130. The maximum absolute atomic E-state index is 13.8. The van der Waals surface area contributed by atoms with Crippen LogP contribution in [0.4, 0.5) is 8.78 Å². The summed E-state index contributed by atoms with van der Waals surface area (Å²) in [6.07, 6.45) is -0.310. The first-order chi connectivity index (χ1) is 18.1. The Kier molecular flexibility index (Phi) is 10.5.